The molecule has 0 amide bonds. The van der Waals surface area contributed by atoms with Crippen LogP contribution in [0.1, 0.15) is 19.7 Å². The second-order valence-electron chi connectivity index (χ2n) is 7.72. The van der Waals surface area contributed by atoms with Gasteiger partial charge in [-0.2, -0.15) is 4.98 Å². The Morgan fingerprint density at radius 1 is 0.844 bits per heavy atom. The van der Waals surface area contributed by atoms with E-state index in [9.17, 15) is 5.11 Å². The van der Waals surface area contributed by atoms with Crippen LogP contribution in [-0.2, 0) is 5.60 Å². The average molecular weight is 425 g/mol. The molecule has 0 aliphatic heterocycles. The van der Waals surface area contributed by atoms with E-state index in [1.165, 1.54) is 0 Å². The maximum Gasteiger partial charge on any atom is 0.258 e. The Morgan fingerprint density at radius 2 is 1.66 bits per heavy atom. The highest BCUT2D eigenvalue weighted by Gasteiger charge is 2.24. The maximum absolute atomic E-state index is 10.0. The fraction of sp³-hybridized carbons (Fsp3) is 0.130. The molecule has 0 aliphatic carbocycles. The van der Waals surface area contributed by atoms with Gasteiger partial charge in [-0.3, -0.25) is 4.98 Å². The van der Waals surface area contributed by atoms with Gasteiger partial charge < -0.3 is 14.6 Å². The molecular weight excluding hydrogens is 406 g/mol. The Bertz CT molecular complexity index is 1350. The fourth-order valence-corrected chi connectivity index (χ4v) is 3.10. The number of hydrogen-bond acceptors (Lipinski definition) is 8. The van der Waals surface area contributed by atoms with Crippen LogP contribution < -0.4 is 0 Å². The molecule has 0 atom stereocenters. The number of nitrogens with zero attached hydrogens (tertiary/aromatic N) is 6. The molecule has 0 unspecified atom stereocenters. The molecule has 0 spiro atoms. The van der Waals surface area contributed by atoms with Crippen molar-refractivity contribution in [2.75, 3.05) is 0 Å². The Hall–Kier alpha value is -4.24. The second-order valence-corrected chi connectivity index (χ2v) is 7.72. The van der Waals surface area contributed by atoms with Crippen LogP contribution in [0.15, 0.2) is 71.8 Å². The van der Waals surface area contributed by atoms with Crippen LogP contribution >= 0.6 is 0 Å². The third-order valence-corrected chi connectivity index (χ3v) is 4.78. The lowest BCUT2D eigenvalue weighted by molar-refractivity contribution is 0.0420. The minimum atomic E-state index is -1.20. The van der Waals surface area contributed by atoms with Gasteiger partial charge in [0.15, 0.2) is 5.82 Å². The molecule has 0 fully saturated rings. The number of H-pyrrole nitrogens is 1. The number of rotatable bonds is 5. The van der Waals surface area contributed by atoms with Crippen molar-refractivity contribution in [3.8, 4) is 45.6 Å². The molecule has 1 aromatic carbocycles. The van der Waals surface area contributed by atoms with Gasteiger partial charge in [0.25, 0.3) is 5.89 Å². The summed E-state index contributed by atoms with van der Waals surface area (Å²) in [7, 11) is 0. The third-order valence-electron chi connectivity index (χ3n) is 4.78. The Kier molecular flexibility index (Phi) is 4.79. The zero-order valence-corrected chi connectivity index (χ0v) is 17.4. The molecule has 4 heterocycles. The Morgan fingerprint density at radius 3 is 2.38 bits per heavy atom. The number of imidazole rings is 1. The summed E-state index contributed by atoms with van der Waals surface area (Å²) in [4.78, 5) is 25.2. The van der Waals surface area contributed by atoms with Crippen molar-refractivity contribution in [3.05, 3.63) is 73.1 Å². The zero-order chi connectivity index (χ0) is 22.1. The first-order chi connectivity index (χ1) is 15.5. The third kappa shape index (κ3) is 3.88. The van der Waals surface area contributed by atoms with Crippen LogP contribution in [0.4, 0.5) is 0 Å². The van der Waals surface area contributed by atoms with Crippen LogP contribution in [0, 0.1) is 0 Å². The largest absolute Gasteiger partial charge is 0.381 e. The first-order valence-corrected chi connectivity index (χ1v) is 9.93. The molecular formula is C23H19N7O2. The lowest BCUT2D eigenvalue weighted by atomic mass is 10.1. The molecule has 0 saturated carbocycles. The van der Waals surface area contributed by atoms with Gasteiger partial charge in [0.1, 0.15) is 17.1 Å². The smallest absolute Gasteiger partial charge is 0.258 e. The van der Waals surface area contributed by atoms with Crippen molar-refractivity contribution in [2.45, 2.75) is 19.4 Å². The number of hydrogen-bond donors (Lipinski definition) is 2. The molecule has 158 valence electrons. The van der Waals surface area contributed by atoms with Crippen LogP contribution in [0.25, 0.3) is 45.6 Å². The Labute approximate surface area is 183 Å². The molecule has 0 bridgehead atoms. The summed E-state index contributed by atoms with van der Waals surface area (Å²) >= 11 is 0. The van der Waals surface area contributed by atoms with Gasteiger partial charge in [-0.1, -0.05) is 29.4 Å². The molecule has 0 saturated heterocycles. The predicted molar refractivity (Wildman–Crippen MR) is 117 cm³/mol. The number of benzene rings is 1. The van der Waals surface area contributed by atoms with Crippen LogP contribution in [-0.4, -0.2) is 40.2 Å². The number of pyridine rings is 1. The van der Waals surface area contributed by atoms with Gasteiger partial charge in [0, 0.05) is 35.3 Å². The molecule has 9 nitrogen and oxygen atoms in total. The van der Waals surface area contributed by atoms with E-state index in [1.807, 2.05) is 42.5 Å². The number of aliphatic hydroxyl groups is 1. The summed E-state index contributed by atoms with van der Waals surface area (Å²) in [5.74, 6) is 1.80. The molecule has 0 aliphatic rings. The maximum atomic E-state index is 10.0. The van der Waals surface area contributed by atoms with E-state index in [4.69, 9.17) is 4.52 Å². The standard InChI is InChI=1S/C23H19N7O2/c1-23(2,31)22-29-20(30-32-22)15-7-5-6-14(10-15)19-27-13-18(28-19)16-11-25-21(26-12-16)17-8-3-4-9-24-17/h3-13,31H,1-2H3,(H,27,28). The van der Waals surface area contributed by atoms with Crippen LogP contribution in [0.5, 0.6) is 0 Å². The van der Waals surface area contributed by atoms with Crippen LogP contribution in [0.3, 0.4) is 0 Å². The van der Waals surface area contributed by atoms with Crippen molar-refractivity contribution in [3.63, 3.8) is 0 Å². The normalized spacial score (nSPS) is 11.6. The summed E-state index contributed by atoms with van der Waals surface area (Å²) in [6, 6.07) is 13.2. The molecule has 4 aromatic heterocycles. The summed E-state index contributed by atoms with van der Waals surface area (Å²) < 4.78 is 5.18. The van der Waals surface area contributed by atoms with E-state index in [0.717, 1.165) is 28.1 Å². The average Bonchev–Trinajstić information content (AvgIpc) is 3.50. The highest BCUT2D eigenvalue weighted by molar-refractivity contribution is 5.68. The van der Waals surface area contributed by atoms with Crippen molar-refractivity contribution in [2.24, 2.45) is 0 Å². The SMILES string of the molecule is CC(C)(O)c1nc(-c2cccc(-c3ncc(-c4cnc(-c5ccccn5)nc4)[nH]3)c2)no1. The summed E-state index contributed by atoms with van der Waals surface area (Å²) in [5.41, 5.74) is 2.73. The molecule has 5 aromatic rings. The van der Waals surface area contributed by atoms with Gasteiger partial charge in [-0.15, -0.1) is 0 Å². The van der Waals surface area contributed by atoms with E-state index in [1.54, 1.807) is 38.6 Å². The number of aromatic amines is 1. The predicted octanol–water partition coefficient (Wildman–Crippen LogP) is 3.87. The highest BCUT2D eigenvalue weighted by Crippen LogP contribution is 2.27. The minimum absolute atomic E-state index is 0.160. The number of aromatic nitrogens is 7. The fourth-order valence-electron chi connectivity index (χ4n) is 3.10. The summed E-state index contributed by atoms with van der Waals surface area (Å²) in [5, 5.41) is 14.0. The van der Waals surface area contributed by atoms with Gasteiger partial charge in [0.2, 0.25) is 5.82 Å². The van der Waals surface area contributed by atoms with Crippen molar-refractivity contribution in [1.82, 2.24) is 35.1 Å². The minimum Gasteiger partial charge on any atom is -0.381 e. The van der Waals surface area contributed by atoms with E-state index < -0.39 is 5.60 Å². The zero-order valence-electron chi connectivity index (χ0n) is 17.4. The molecule has 2 N–H and O–H groups in total. The van der Waals surface area contributed by atoms with Gasteiger partial charge >= 0.3 is 0 Å². The van der Waals surface area contributed by atoms with Crippen LogP contribution in [0.2, 0.25) is 0 Å². The molecule has 0 radical (unpaired) electrons. The van der Waals surface area contributed by atoms with E-state index >= 15 is 0 Å². The van der Waals surface area contributed by atoms with E-state index in [-0.39, 0.29) is 5.89 Å². The van der Waals surface area contributed by atoms with Crippen molar-refractivity contribution >= 4 is 0 Å². The van der Waals surface area contributed by atoms with E-state index in [2.05, 4.69) is 35.1 Å². The summed E-state index contributed by atoms with van der Waals surface area (Å²) in [6.07, 6.45) is 6.92. The quantitative estimate of drug-likeness (QED) is 0.434. The van der Waals surface area contributed by atoms with Gasteiger partial charge in [-0.25, -0.2) is 15.0 Å². The lowest BCUT2D eigenvalue weighted by Crippen LogP contribution is -2.15. The first kappa shape index (κ1) is 19.7. The Balaban J connectivity index is 1.40. The monoisotopic (exact) mass is 425 g/mol. The van der Waals surface area contributed by atoms with Gasteiger partial charge in [0.05, 0.1) is 11.9 Å². The van der Waals surface area contributed by atoms with Crippen molar-refractivity contribution < 1.29 is 9.63 Å². The van der Waals surface area contributed by atoms with Crippen molar-refractivity contribution in [1.29, 1.82) is 0 Å². The summed E-state index contributed by atoms with van der Waals surface area (Å²) in [6.45, 7) is 3.19. The second kappa shape index (κ2) is 7.78. The lowest BCUT2D eigenvalue weighted by Gasteiger charge is -2.09. The highest BCUT2D eigenvalue weighted by atomic mass is 16.5. The molecule has 5 rings (SSSR count). The molecule has 32 heavy (non-hydrogen) atoms. The van der Waals surface area contributed by atoms with Gasteiger partial charge in [-0.05, 0) is 32.0 Å². The topological polar surface area (TPSA) is 126 Å². The number of nitrogens with one attached hydrogen (secondary N) is 1. The van der Waals surface area contributed by atoms with E-state index in [0.29, 0.717) is 17.5 Å². The molecule has 9 heteroatoms. The first-order valence-electron chi connectivity index (χ1n) is 9.93.